The average Bonchev–Trinajstić information content (AvgIpc) is 3.60. The number of amides is 2. The van der Waals surface area contributed by atoms with Crippen LogP contribution in [0.4, 0.5) is 0 Å². The zero-order valence-electron chi connectivity index (χ0n) is 18.1. The molecule has 8 nitrogen and oxygen atoms in total. The van der Waals surface area contributed by atoms with Gasteiger partial charge in [-0.3, -0.25) is 9.59 Å². The lowest BCUT2D eigenvalue weighted by molar-refractivity contribution is -0.137. The first-order valence-corrected chi connectivity index (χ1v) is 10.7. The second kappa shape index (κ2) is 11.7. The van der Waals surface area contributed by atoms with Crippen LogP contribution in [0, 0.1) is 11.8 Å². The van der Waals surface area contributed by atoms with Crippen LogP contribution in [0.3, 0.4) is 0 Å². The van der Waals surface area contributed by atoms with Crippen molar-refractivity contribution < 1.29 is 29.0 Å². The predicted octanol–water partition coefficient (Wildman–Crippen LogP) is 1.40. The first-order valence-electron chi connectivity index (χ1n) is 10.7. The second-order valence-electron chi connectivity index (χ2n) is 7.95. The summed E-state index contributed by atoms with van der Waals surface area (Å²) in [4.78, 5) is 25.9. The van der Waals surface area contributed by atoms with E-state index in [0.29, 0.717) is 18.1 Å². The Morgan fingerprint density at radius 3 is 2.44 bits per heavy atom. The predicted molar refractivity (Wildman–Crippen MR) is 119 cm³/mol. The minimum atomic E-state index is -2.05. The van der Waals surface area contributed by atoms with Gasteiger partial charge < -0.3 is 30.1 Å². The second-order valence-corrected chi connectivity index (χ2v) is 7.95. The quantitative estimate of drug-likeness (QED) is 0.225. The van der Waals surface area contributed by atoms with Crippen LogP contribution in [0.2, 0.25) is 0 Å². The molecule has 9 heteroatoms. The van der Waals surface area contributed by atoms with Crippen LogP contribution in [0.1, 0.15) is 30.4 Å². The molecule has 1 fully saturated rings. The van der Waals surface area contributed by atoms with Crippen LogP contribution in [-0.2, 0) is 27.2 Å². The fraction of sp³-hybridized carbons (Fsp3) is 0.391. The van der Waals surface area contributed by atoms with Crippen LogP contribution in [0.25, 0.3) is 0 Å². The summed E-state index contributed by atoms with van der Waals surface area (Å²) in [5.41, 5.74) is 1.71. The van der Waals surface area contributed by atoms with E-state index in [1.165, 1.54) is 0 Å². The number of methoxy groups -OCH3 is 1. The van der Waals surface area contributed by atoms with Crippen molar-refractivity contribution >= 4 is 19.1 Å². The molecule has 0 aliphatic heterocycles. The highest BCUT2D eigenvalue weighted by Crippen LogP contribution is 2.35. The van der Waals surface area contributed by atoms with E-state index in [2.05, 4.69) is 10.6 Å². The Balaban J connectivity index is 1.64. The van der Waals surface area contributed by atoms with Crippen molar-refractivity contribution in [2.45, 2.75) is 38.5 Å². The van der Waals surface area contributed by atoms with E-state index in [1.807, 2.05) is 54.6 Å². The molecule has 0 radical (unpaired) electrons. The molecular weight excluding hydrogens is 411 g/mol. The van der Waals surface area contributed by atoms with Crippen LogP contribution in [0.15, 0.2) is 54.6 Å². The molecule has 2 aromatic carbocycles. The van der Waals surface area contributed by atoms with Gasteiger partial charge in [-0.2, -0.15) is 0 Å². The molecule has 0 bridgehead atoms. The number of benzene rings is 2. The fourth-order valence-electron chi connectivity index (χ4n) is 3.48. The molecule has 2 unspecified atom stereocenters. The number of nitrogens with one attached hydrogen (secondary N) is 2. The molecule has 1 saturated carbocycles. The van der Waals surface area contributed by atoms with Crippen molar-refractivity contribution in [3.05, 3.63) is 65.7 Å². The normalized spacial score (nSPS) is 14.8. The summed E-state index contributed by atoms with van der Waals surface area (Å²) in [5.74, 6) is -0.745. The van der Waals surface area contributed by atoms with Gasteiger partial charge in [0.2, 0.25) is 11.8 Å². The van der Waals surface area contributed by atoms with Gasteiger partial charge in [0, 0.05) is 13.0 Å². The van der Waals surface area contributed by atoms with Gasteiger partial charge in [-0.25, -0.2) is 0 Å². The monoisotopic (exact) mass is 440 g/mol. The minimum Gasteiger partial charge on any atom is -0.497 e. The van der Waals surface area contributed by atoms with Gasteiger partial charge in [0.25, 0.3) is 0 Å². The molecule has 4 N–H and O–H groups in total. The van der Waals surface area contributed by atoms with Crippen molar-refractivity contribution in [3.63, 3.8) is 0 Å². The molecule has 0 saturated heterocycles. The van der Waals surface area contributed by atoms with Gasteiger partial charge in [0.15, 0.2) is 0 Å². The molecule has 2 atom stereocenters. The van der Waals surface area contributed by atoms with Crippen molar-refractivity contribution in [1.82, 2.24) is 10.6 Å². The van der Waals surface area contributed by atoms with E-state index < -0.39 is 25.4 Å². The van der Waals surface area contributed by atoms with Gasteiger partial charge >= 0.3 is 7.32 Å². The van der Waals surface area contributed by atoms with Crippen molar-refractivity contribution in [3.8, 4) is 5.75 Å². The van der Waals surface area contributed by atoms with Crippen LogP contribution >= 0.6 is 0 Å². The van der Waals surface area contributed by atoms with Gasteiger partial charge in [-0.15, -0.1) is 0 Å². The third-order valence-electron chi connectivity index (χ3n) is 5.35. The van der Waals surface area contributed by atoms with Crippen molar-refractivity contribution in [2.24, 2.45) is 11.8 Å². The van der Waals surface area contributed by atoms with Gasteiger partial charge in [0.05, 0.1) is 7.11 Å². The number of ether oxygens (including phenoxy) is 1. The maximum Gasteiger partial charge on any atom is 0.635 e. The molecule has 2 amide bonds. The lowest BCUT2D eigenvalue weighted by atomic mass is 9.99. The van der Waals surface area contributed by atoms with Gasteiger partial charge in [-0.1, -0.05) is 55.3 Å². The molecule has 1 aliphatic rings. The molecule has 3 rings (SSSR count). The zero-order valence-corrected chi connectivity index (χ0v) is 18.1. The standard InChI is InChI=1S/C23H29BN2O6/c1-31-19-9-5-8-18(12-19)15-25-22(27)20(13-17-10-11-17)23(28)26-21(32-24(29)30)14-16-6-3-2-4-7-16/h2-9,12,17,20-21,29-30H,10-11,13-15H2,1H3,(H,25,27)(H,26,28). The summed E-state index contributed by atoms with van der Waals surface area (Å²) >= 11 is 0. The third kappa shape index (κ3) is 7.67. The van der Waals surface area contributed by atoms with E-state index >= 15 is 0 Å². The average molecular weight is 440 g/mol. The van der Waals surface area contributed by atoms with E-state index in [0.717, 1.165) is 24.0 Å². The number of carbonyl (C=O) groups is 2. The van der Waals surface area contributed by atoms with Crippen LogP contribution in [-0.4, -0.2) is 42.5 Å². The zero-order chi connectivity index (χ0) is 22.9. The Morgan fingerprint density at radius 1 is 1.06 bits per heavy atom. The molecule has 0 aromatic heterocycles. The highest BCUT2D eigenvalue weighted by atomic mass is 16.6. The van der Waals surface area contributed by atoms with Crippen molar-refractivity contribution in [1.29, 1.82) is 0 Å². The smallest absolute Gasteiger partial charge is 0.497 e. The van der Waals surface area contributed by atoms with E-state index in [4.69, 9.17) is 9.39 Å². The summed E-state index contributed by atoms with van der Waals surface area (Å²) in [7, 11) is -0.474. The Bertz CT molecular complexity index is 891. The number of rotatable bonds is 12. The molecular formula is C23H29BN2O6. The Kier molecular flexibility index (Phi) is 8.67. The highest BCUT2D eigenvalue weighted by Gasteiger charge is 2.35. The summed E-state index contributed by atoms with van der Waals surface area (Å²) in [6.45, 7) is 0.268. The summed E-state index contributed by atoms with van der Waals surface area (Å²) < 4.78 is 10.3. The highest BCUT2D eigenvalue weighted by molar-refractivity contribution is 6.32. The summed E-state index contributed by atoms with van der Waals surface area (Å²) in [6.07, 6.45) is 1.66. The topological polar surface area (TPSA) is 117 Å². The fourth-order valence-corrected chi connectivity index (χ4v) is 3.48. The Hall–Kier alpha value is -2.88. The molecule has 0 heterocycles. The molecule has 1 aliphatic carbocycles. The first-order chi connectivity index (χ1) is 15.4. The molecule has 170 valence electrons. The lowest BCUT2D eigenvalue weighted by Crippen LogP contribution is -2.48. The number of hydrogen-bond acceptors (Lipinski definition) is 6. The van der Waals surface area contributed by atoms with E-state index in [1.54, 1.807) is 7.11 Å². The van der Waals surface area contributed by atoms with Crippen LogP contribution in [0.5, 0.6) is 5.75 Å². The minimum absolute atomic E-state index is 0.228. The Labute approximate surface area is 188 Å². The van der Waals surface area contributed by atoms with Crippen LogP contribution < -0.4 is 15.4 Å². The number of hydrogen-bond donors (Lipinski definition) is 4. The Morgan fingerprint density at radius 2 is 1.78 bits per heavy atom. The maximum absolute atomic E-state index is 13.0. The SMILES string of the molecule is COc1cccc(CNC(=O)C(CC2CC2)C(=O)NC(Cc2ccccc2)OB(O)O)c1. The third-order valence-corrected chi connectivity index (χ3v) is 5.35. The summed E-state index contributed by atoms with van der Waals surface area (Å²) in [6, 6.07) is 16.6. The van der Waals surface area contributed by atoms with E-state index in [-0.39, 0.29) is 18.9 Å². The van der Waals surface area contributed by atoms with Gasteiger partial charge in [0.1, 0.15) is 17.9 Å². The van der Waals surface area contributed by atoms with Crippen molar-refractivity contribution in [2.75, 3.05) is 7.11 Å². The molecule has 2 aromatic rings. The van der Waals surface area contributed by atoms with E-state index in [9.17, 15) is 19.6 Å². The molecule has 0 spiro atoms. The first kappa shape index (κ1) is 23.8. The summed E-state index contributed by atoms with van der Waals surface area (Å²) in [5, 5.41) is 24.0. The molecule has 32 heavy (non-hydrogen) atoms. The van der Waals surface area contributed by atoms with Gasteiger partial charge in [-0.05, 0) is 35.6 Å². The number of carbonyl (C=O) groups excluding carboxylic acids is 2. The maximum atomic E-state index is 13.0. The largest absolute Gasteiger partial charge is 0.635 e. The lowest BCUT2D eigenvalue weighted by Gasteiger charge is -2.23.